The first-order valence-electron chi connectivity index (χ1n) is 9.32. The van der Waals surface area contributed by atoms with Crippen LogP contribution in [-0.2, 0) is 19.1 Å². The highest BCUT2D eigenvalue weighted by Crippen LogP contribution is 2.22. The molecule has 148 valence electrons. The number of carbonyl (C=O) groups excluding carboxylic acids is 3. The molecule has 6 nitrogen and oxygen atoms in total. The number of nitrogens with zero attached hydrogens (tertiary/aromatic N) is 1. The van der Waals surface area contributed by atoms with E-state index in [1.54, 1.807) is 23.6 Å². The summed E-state index contributed by atoms with van der Waals surface area (Å²) in [5.41, 5.74) is 1.18. The van der Waals surface area contributed by atoms with Gasteiger partial charge in [0.2, 0.25) is 11.8 Å². The van der Waals surface area contributed by atoms with Gasteiger partial charge in [-0.25, -0.2) is 0 Å². The van der Waals surface area contributed by atoms with Crippen LogP contribution >= 0.6 is 11.8 Å². The van der Waals surface area contributed by atoms with Gasteiger partial charge in [-0.15, -0.1) is 11.8 Å². The molecule has 1 unspecified atom stereocenters. The first-order valence-corrected chi connectivity index (χ1v) is 10.3. The predicted molar refractivity (Wildman–Crippen MR) is 105 cm³/mol. The Hall–Kier alpha value is -2.02. The van der Waals surface area contributed by atoms with Crippen LogP contribution in [0.4, 0.5) is 0 Å². The summed E-state index contributed by atoms with van der Waals surface area (Å²) < 4.78 is 5.07. The van der Waals surface area contributed by atoms with Crippen LogP contribution in [0.25, 0.3) is 0 Å². The van der Waals surface area contributed by atoms with E-state index in [-0.39, 0.29) is 23.7 Å². The van der Waals surface area contributed by atoms with E-state index in [9.17, 15) is 14.4 Å². The Bertz CT molecular complexity index is 654. The van der Waals surface area contributed by atoms with Crippen molar-refractivity contribution in [2.24, 2.45) is 5.92 Å². The molecule has 2 amide bonds. The lowest BCUT2D eigenvalue weighted by molar-refractivity contribution is -0.151. The summed E-state index contributed by atoms with van der Waals surface area (Å²) in [6.45, 7) is 6.63. The molecular formula is C20H28N2O4S. The van der Waals surface area contributed by atoms with Gasteiger partial charge in [-0.05, 0) is 38.8 Å². The maximum Gasteiger partial charge on any atom is 0.309 e. The number of ether oxygens (including phenoxy) is 1. The highest BCUT2D eigenvalue weighted by atomic mass is 32.2. The first kappa shape index (κ1) is 21.3. The van der Waals surface area contributed by atoms with Crippen LogP contribution in [-0.4, -0.2) is 54.2 Å². The molecule has 2 rings (SSSR count). The molecule has 0 aliphatic carbocycles. The third-order valence-electron chi connectivity index (χ3n) is 4.54. The zero-order chi connectivity index (χ0) is 19.8. The third kappa shape index (κ3) is 6.57. The molecule has 7 heteroatoms. The molecule has 0 bridgehead atoms. The van der Waals surface area contributed by atoms with E-state index in [1.807, 2.05) is 31.2 Å². The van der Waals surface area contributed by atoms with Gasteiger partial charge in [-0.2, -0.15) is 0 Å². The lowest BCUT2D eigenvalue weighted by atomic mass is 9.96. The van der Waals surface area contributed by atoms with Crippen LogP contribution in [0.5, 0.6) is 0 Å². The molecule has 0 spiro atoms. The summed E-state index contributed by atoms with van der Waals surface area (Å²) >= 11 is 1.55. The number of aryl methyl sites for hydroxylation is 1. The van der Waals surface area contributed by atoms with Gasteiger partial charge in [0.1, 0.15) is 6.04 Å². The van der Waals surface area contributed by atoms with E-state index < -0.39 is 6.04 Å². The molecule has 1 heterocycles. The molecule has 1 aliphatic heterocycles. The molecule has 27 heavy (non-hydrogen) atoms. The summed E-state index contributed by atoms with van der Waals surface area (Å²) in [5, 5.41) is 2.77. The van der Waals surface area contributed by atoms with Gasteiger partial charge in [-0.3, -0.25) is 14.4 Å². The highest BCUT2D eigenvalue weighted by molar-refractivity contribution is 7.99. The van der Waals surface area contributed by atoms with Gasteiger partial charge in [0.05, 0.1) is 12.5 Å². The summed E-state index contributed by atoms with van der Waals surface area (Å²) in [5.74, 6) is -0.168. The zero-order valence-electron chi connectivity index (χ0n) is 16.2. The smallest absolute Gasteiger partial charge is 0.309 e. The van der Waals surface area contributed by atoms with E-state index in [0.29, 0.717) is 38.3 Å². The number of nitrogens with one attached hydrogen (secondary N) is 1. The summed E-state index contributed by atoms with van der Waals surface area (Å²) in [6.07, 6.45) is 1.20. The Morgan fingerprint density at radius 3 is 2.41 bits per heavy atom. The predicted octanol–water partition coefficient (Wildman–Crippen LogP) is 2.39. The number of likely N-dealkylation sites (tertiary alicyclic amines) is 1. The SMILES string of the molecule is CCOC(=O)C1CCN(C(=O)C(CSc2ccc(C)cc2)NC(C)=O)CC1. The molecular weight excluding hydrogens is 364 g/mol. The number of hydrogen-bond acceptors (Lipinski definition) is 5. The van der Waals surface area contributed by atoms with Crippen LogP contribution in [0.15, 0.2) is 29.2 Å². The third-order valence-corrected chi connectivity index (χ3v) is 5.65. The largest absolute Gasteiger partial charge is 0.466 e. The van der Waals surface area contributed by atoms with E-state index in [1.165, 1.54) is 12.5 Å². The van der Waals surface area contributed by atoms with Crippen molar-refractivity contribution in [3.63, 3.8) is 0 Å². The molecule has 1 saturated heterocycles. The minimum atomic E-state index is -0.576. The van der Waals surface area contributed by atoms with Crippen molar-refractivity contribution < 1.29 is 19.1 Å². The fourth-order valence-corrected chi connectivity index (χ4v) is 3.96. The summed E-state index contributed by atoms with van der Waals surface area (Å²) in [6, 6.07) is 7.50. The van der Waals surface area contributed by atoms with Crippen molar-refractivity contribution in [3.8, 4) is 0 Å². The molecule has 1 N–H and O–H groups in total. The Balaban J connectivity index is 1.93. The number of amides is 2. The van der Waals surface area contributed by atoms with E-state index in [4.69, 9.17) is 4.74 Å². The normalized spacial score (nSPS) is 15.9. The van der Waals surface area contributed by atoms with Crippen LogP contribution in [0.1, 0.15) is 32.3 Å². The molecule has 1 aromatic carbocycles. The molecule has 1 atom stereocenters. The van der Waals surface area contributed by atoms with Gasteiger partial charge in [0, 0.05) is 30.7 Å². The molecule has 1 aliphatic rings. The quantitative estimate of drug-likeness (QED) is 0.570. The van der Waals surface area contributed by atoms with Gasteiger partial charge >= 0.3 is 5.97 Å². The number of piperidine rings is 1. The maximum atomic E-state index is 12.9. The van der Waals surface area contributed by atoms with Gasteiger partial charge in [0.15, 0.2) is 0 Å². The topological polar surface area (TPSA) is 75.7 Å². The standard InChI is InChI=1S/C20H28N2O4S/c1-4-26-20(25)16-9-11-22(12-10-16)19(24)18(21-15(3)23)13-27-17-7-5-14(2)6-8-17/h5-8,16,18H,4,9-13H2,1-3H3,(H,21,23). The highest BCUT2D eigenvalue weighted by Gasteiger charge is 2.31. The van der Waals surface area contributed by atoms with Crippen molar-refractivity contribution in [2.45, 2.75) is 44.6 Å². The number of hydrogen-bond donors (Lipinski definition) is 1. The van der Waals surface area contributed by atoms with Crippen LogP contribution in [0.2, 0.25) is 0 Å². The maximum absolute atomic E-state index is 12.9. The van der Waals surface area contributed by atoms with Gasteiger partial charge in [0.25, 0.3) is 0 Å². The van der Waals surface area contributed by atoms with Gasteiger partial charge in [-0.1, -0.05) is 17.7 Å². The van der Waals surface area contributed by atoms with Crippen LogP contribution < -0.4 is 5.32 Å². The lowest BCUT2D eigenvalue weighted by Crippen LogP contribution is -2.52. The minimum absolute atomic E-state index is 0.0906. The second-order valence-electron chi connectivity index (χ2n) is 6.73. The second-order valence-corrected chi connectivity index (χ2v) is 7.82. The molecule has 1 fully saturated rings. The summed E-state index contributed by atoms with van der Waals surface area (Å²) in [7, 11) is 0. The average Bonchev–Trinajstić information content (AvgIpc) is 2.66. The first-order chi connectivity index (χ1) is 12.9. The van der Waals surface area contributed by atoms with E-state index in [0.717, 1.165) is 4.90 Å². The number of benzene rings is 1. The number of esters is 1. The fourth-order valence-electron chi connectivity index (χ4n) is 3.05. The second kappa shape index (κ2) is 10.3. The van der Waals surface area contributed by atoms with Crippen molar-refractivity contribution in [2.75, 3.05) is 25.4 Å². The summed E-state index contributed by atoms with van der Waals surface area (Å²) in [4.78, 5) is 39.1. The molecule has 0 radical (unpaired) electrons. The Labute approximate surface area is 165 Å². The molecule has 0 saturated carbocycles. The van der Waals surface area contributed by atoms with Crippen molar-refractivity contribution in [3.05, 3.63) is 29.8 Å². The van der Waals surface area contributed by atoms with E-state index >= 15 is 0 Å². The molecule has 1 aromatic rings. The number of carbonyl (C=O) groups is 3. The van der Waals surface area contributed by atoms with Crippen molar-refractivity contribution in [1.82, 2.24) is 10.2 Å². The Morgan fingerprint density at radius 2 is 1.85 bits per heavy atom. The van der Waals surface area contributed by atoms with Crippen LogP contribution in [0.3, 0.4) is 0 Å². The van der Waals surface area contributed by atoms with Crippen LogP contribution in [0, 0.1) is 12.8 Å². The fraction of sp³-hybridized carbons (Fsp3) is 0.550. The number of thioether (sulfide) groups is 1. The minimum Gasteiger partial charge on any atom is -0.466 e. The zero-order valence-corrected chi connectivity index (χ0v) is 17.0. The number of rotatable bonds is 7. The van der Waals surface area contributed by atoms with Gasteiger partial charge < -0.3 is 15.0 Å². The van der Waals surface area contributed by atoms with Crippen molar-refractivity contribution in [1.29, 1.82) is 0 Å². The monoisotopic (exact) mass is 392 g/mol. The Kier molecular flexibility index (Phi) is 8.16. The Morgan fingerprint density at radius 1 is 1.22 bits per heavy atom. The average molecular weight is 393 g/mol. The molecule has 0 aromatic heterocycles. The van der Waals surface area contributed by atoms with Crippen molar-refractivity contribution >= 4 is 29.5 Å². The lowest BCUT2D eigenvalue weighted by Gasteiger charge is -2.33. The van der Waals surface area contributed by atoms with E-state index in [2.05, 4.69) is 5.32 Å².